The van der Waals surface area contributed by atoms with Crippen LogP contribution in [-0.4, -0.2) is 30.3 Å². The average molecular weight is 323 g/mol. The smallest absolute Gasteiger partial charge is 0.226 e. The summed E-state index contributed by atoms with van der Waals surface area (Å²) in [4.78, 5) is 26.0. The van der Waals surface area contributed by atoms with Crippen molar-refractivity contribution in [3.63, 3.8) is 0 Å². The van der Waals surface area contributed by atoms with Crippen LogP contribution in [0.4, 0.5) is 0 Å². The molecule has 1 saturated carbocycles. The molecule has 1 aromatic carbocycles. The van der Waals surface area contributed by atoms with Crippen molar-refractivity contribution in [3.8, 4) is 0 Å². The molecule has 0 bridgehead atoms. The molecule has 1 aliphatic carbocycles. The summed E-state index contributed by atoms with van der Waals surface area (Å²) in [6.07, 6.45) is 2.73. The van der Waals surface area contributed by atoms with Gasteiger partial charge in [0.15, 0.2) is 0 Å². The van der Waals surface area contributed by atoms with E-state index in [4.69, 9.17) is 11.6 Å². The summed E-state index contributed by atoms with van der Waals surface area (Å²) < 4.78 is 0. The van der Waals surface area contributed by atoms with Crippen LogP contribution in [0, 0.1) is 11.8 Å². The minimum absolute atomic E-state index is 0.0304. The van der Waals surface area contributed by atoms with Gasteiger partial charge in [0, 0.05) is 25.2 Å². The summed E-state index contributed by atoms with van der Waals surface area (Å²) in [7, 11) is 1.82. The Balaban J connectivity index is 1.75. The number of hydrogen-bond donors (Lipinski definition) is 1. The third-order valence-electron chi connectivity index (χ3n) is 4.05. The van der Waals surface area contributed by atoms with Crippen molar-refractivity contribution in [3.05, 3.63) is 34.9 Å². The number of hydrogen-bond acceptors (Lipinski definition) is 2. The first kappa shape index (κ1) is 16.8. The minimum Gasteiger partial charge on any atom is -0.352 e. The van der Waals surface area contributed by atoms with E-state index in [9.17, 15) is 9.59 Å². The Morgan fingerprint density at radius 2 is 1.95 bits per heavy atom. The number of benzene rings is 1. The first-order chi connectivity index (χ1) is 10.5. The Hall–Kier alpha value is -1.55. The van der Waals surface area contributed by atoms with Crippen molar-refractivity contribution >= 4 is 23.4 Å². The summed E-state index contributed by atoms with van der Waals surface area (Å²) in [5.41, 5.74) is 1.00. The first-order valence-electron chi connectivity index (χ1n) is 7.80. The van der Waals surface area contributed by atoms with Crippen molar-refractivity contribution < 1.29 is 9.59 Å². The molecule has 0 radical (unpaired) electrons. The van der Waals surface area contributed by atoms with E-state index in [1.165, 1.54) is 0 Å². The van der Waals surface area contributed by atoms with E-state index in [-0.39, 0.29) is 23.7 Å². The van der Waals surface area contributed by atoms with E-state index >= 15 is 0 Å². The van der Waals surface area contributed by atoms with Gasteiger partial charge in [-0.15, -0.1) is 0 Å². The van der Waals surface area contributed by atoms with Gasteiger partial charge >= 0.3 is 0 Å². The number of carbonyl (C=O) groups excluding carboxylic acids is 2. The molecule has 5 heteroatoms. The Kier molecular flexibility index (Phi) is 5.83. The lowest BCUT2D eigenvalue weighted by atomic mass is 10.2. The van der Waals surface area contributed by atoms with E-state index in [0.29, 0.717) is 18.0 Å². The summed E-state index contributed by atoms with van der Waals surface area (Å²) in [6.45, 7) is 3.34. The van der Waals surface area contributed by atoms with E-state index < -0.39 is 0 Å². The van der Waals surface area contributed by atoms with Gasteiger partial charge in [0.1, 0.15) is 0 Å². The fourth-order valence-corrected chi connectivity index (χ4v) is 2.59. The van der Waals surface area contributed by atoms with E-state index in [1.807, 2.05) is 19.2 Å². The molecule has 0 spiro atoms. The monoisotopic (exact) mass is 322 g/mol. The fraction of sp³-hybridized carbons (Fsp3) is 0.529. The number of amides is 2. The molecule has 2 unspecified atom stereocenters. The van der Waals surface area contributed by atoms with Gasteiger partial charge in [-0.1, -0.05) is 37.1 Å². The fourth-order valence-electron chi connectivity index (χ4n) is 2.47. The molecule has 2 rings (SSSR count). The second kappa shape index (κ2) is 7.63. The van der Waals surface area contributed by atoms with Gasteiger partial charge in [-0.2, -0.15) is 0 Å². The highest BCUT2D eigenvalue weighted by atomic mass is 35.5. The van der Waals surface area contributed by atoms with Crippen LogP contribution in [0.5, 0.6) is 0 Å². The topological polar surface area (TPSA) is 49.4 Å². The molecule has 1 aromatic rings. The van der Waals surface area contributed by atoms with Crippen LogP contribution in [0.1, 0.15) is 31.7 Å². The highest BCUT2D eigenvalue weighted by molar-refractivity contribution is 6.30. The molecule has 1 N–H and O–H groups in total. The lowest BCUT2D eigenvalue weighted by Gasteiger charge is -2.16. The van der Waals surface area contributed by atoms with Crippen molar-refractivity contribution in [2.75, 3.05) is 13.6 Å². The van der Waals surface area contributed by atoms with Crippen LogP contribution >= 0.6 is 11.6 Å². The number of rotatable bonds is 7. The zero-order chi connectivity index (χ0) is 16.1. The van der Waals surface area contributed by atoms with E-state index in [1.54, 1.807) is 17.0 Å². The van der Waals surface area contributed by atoms with E-state index in [0.717, 1.165) is 24.9 Å². The maximum Gasteiger partial charge on any atom is 0.226 e. The second-order valence-corrected chi connectivity index (χ2v) is 6.34. The Morgan fingerprint density at radius 3 is 2.59 bits per heavy atom. The predicted molar refractivity (Wildman–Crippen MR) is 87.4 cm³/mol. The van der Waals surface area contributed by atoms with Gasteiger partial charge in [0.25, 0.3) is 0 Å². The van der Waals surface area contributed by atoms with Crippen LogP contribution in [0.15, 0.2) is 24.3 Å². The maximum absolute atomic E-state index is 12.2. The van der Waals surface area contributed by atoms with Gasteiger partial charge < -0.3 is 10.2 Å². The molecule has 120 valence electrons. The van der Waals surface area contributed by atoms with Crippen LogP contribution in [0.25, 0.3) is 0 Å². The van der Waals surface area contributed by atoms with Crippen LogP contribution in [0.2, 0.25) is 5.02 Å². The van der Waals surface area contributed by atoms with Gasteiger partial charge in [-0.25, -0.2) is 0 Å². The number of nitrogens with one attached hydrogen (secondary N) is 1. The molecule has 4 nitrogen and oxygen atoms in total. The molecular weight excluding hydrogens is 300 g/mol. The average Bonchev–Trinajstić information content (AvgIpc) is 3.31. The molecular formula is C17H23ClN2O2. The number of nitrogens with zero attached hydrogens (tertiary/aromatic N) is 1. The molecule has 0 saturated heterocycles. The molecule has 0 aliphatic heterocycles. The summed E-state index contributed by atoms with van der Waals surface area (Å²) in [6, 6.07) is 7.37. The molecule has 1 fully saturated rings. The van der Waals surface area contributed by atoms with Crippen LogP contribution in [-0.2, 0) is 16.1 Å². The highest BCUT2D eigenvalue weighted by Gasteiger charge is 2.48. The van der Waals surface area contributed by atoms with Crippen molar-refractivity contribution in [1.29, 1.82) is 0 Å². The lowest BCUT2D eigenvalue weighted by Crippen LogP contribution is -2.32. The van der Waals surface area contributed by atoms with Gasteiger partial charge in [0.2, 0.25) is 11.8 Å². The normalized spacial score (nSPS) is 19.6. The number of unbranched alkanes of at least 4 members (excludes halogenated alkanes) is 1. The Labute approximate surface area is 136 Å². The third kappa shape index (κ3) is 4.47. The lowest BCUT2D eigenvalue weighted by molar-refractivity contribution is -0.133. The third-order valence-corrected chi connectivity index (χ3v) is 4.30. The molecule has 0 heterocycles. The summed E-state index contributed by atoms with van der Waals surface area (Å²) in [5.74, 6) is -0.228. The predicted octanol–water partition coefficient (Wildman–Crippen LogP) is 2.85. The molecule has 22 heavy (non-hydrogen) atoms. The molecule has 2 atom stereocenters. The maximum atomic E-state index is 12.2. The van der Waals surface area contributed by atoms with Crippen LogP contribution in [0.3, 0.4) is 0 Å². The SMILES string of the molecule is CCCCN(C)C(=O)C1CC1C(=O)NCc1ccc(Cl)cc1. The zero-order valence-corrected chi connectivity index (χ0v) is 13.9. The number of carbonyl (C=O) groups is 2. The van der Waals surface area contributed by atoms with Crippen LogP contribution < -0.4 is 5.32 Å². The molecule has 0 aromatic heterocycles. The summed E-state index contributed by atoms with van der Waals surface area (Å²) >= 11 is 5.83. The number of halogens is 1. The molecule has 2 amide bonds. The van der Waals surface area contributed by atoms with Crippen molar-refractivity contribution in [1.82, 2.24) is 10.2 Å². The second-order valence-electron chi connectivity index (χ2n) is 5.91. The van der Waals surface area contributed by atoms with Crippen molar-refractivity contribution in [2.45, 2.75) is 32.7 Å². The quantitative estimate of drug-likeness (QED) is 0.839. The van der Waals surface area contributed by atoms with Gasteiger partial charge in [-0.05, 0) is 30.5 Å². The van der Waals surface area contributed by atoms with E-state index in [2.05, 4.69) is 12.2 Å². The first-order valence-corrected chi connectivity index (χ1v) is 8.18. The Bertz CT molecular complexity index is 530. The largest absolute Gasteiger partial charge is 0.352 e. The molecule has 1 aliphatic rings. The van der Waals surface area contributed by atoms with Crippen molar-refractivity contribution in [2.24, 2.45) is 11.8 Å². The zero-order valence-electron chi connectivity index (χ0n) is 13.1. The highest BCUT2D eigenvalue weighted by Crippen LogP contribution is 2.40. The standard InChI is InChI=1S/C17H23ClN2O2/c1-3-4-9-20(2)17(22)15-10-14(15)16(21)19-11-12-5-7-13(18)8-6-12/h5-8,14-15H,3-4,9-11H2,1-2H3,(H,19,21). The van der Waals surface area contributed by atoms with Gasteiger partial charge in [0.05, 0.1) is 11.8 Å². The van der Waals surface area contributed by atoms with Gasteiger partial charge in [-0.3, -0.25) is 9.59 Å². The Morgan fingerprint density at radius 1 is 1.27 bits per heavy atom. The summed E-state index contributed by atoms with van der Waals surface area (Å²) in [5, 5.41) is 3.57. The minimum atomic E-state index is -0.163.